The van der Waals surface area contributed by atoms with Crippen LogP contribution in [0.5, 0.6) is 0 Å². The molecule has 1 atom stereocenters. The Hall–Kier alpha value is -0.870. The number of nitrogens with two attached hydrogens (primary N) is 1. The van der Waals surface area contributed by atoms with Crippen molar-refractivity contribution < 1.29 is 9.90 Å². The molecule has 1 aromatic heterocycles. The maximum absolute atomic E-state index is 10.8. The van der Waals surface area contributed by atoms with Gasteiger partial charge in [-0.15, -0.1) is 0 Å². The van der Waals surface area contributed by atoms with E-state index in [1.54, 1.807) is 11.3 Å². The molecule has 1 unspecified atom stereocenters. The van der Waals surface area contributed by atoms with Crippen molar-refractivity contribution in [2.24, 2.45) is 11.1 Å². The minimum absolute atomic E-state index is 0.117. The number of aliphatic carboxylic acids is 1. The van der Waals surface area contributed by atoms with Crippen molar-refractivity contribution in [3.8, 4) is 0 Å². The first kappa shape index (κ1) is 10.6. The molecule has 15 heavy (non-hydrogen) atoms. The Morgan fingerprint density at radius 1 is 1.67 bits per heavy atom. The largest absolute Gasteiger partial charge is 0.480 e. The van der Waals surface area contributed by atoms with E-state index in [1.165, 1.54) is 5.56 Å². The highest BCUT2D eigenvalue weighted by Gasteiger charge is 2.50. The third kappa shape index (κ3) is 2.21. The van der Waals surface area contributed by atoms with Gasteiger partial charge in [0.15, 0.2) is 0 Å². The van der Waals surface area contributed by atoms with Gasteiger partial charge in [0, 0.05) is 0 Å². The highest BCUT2D eigenvalue weighted by molar-refractivity contribution is 7.07. The average molecular weight is 225 g/mol. The molecule has 1 fully saturated rings. The quantitative estimate of drug-likeness (QED) is 0.804. The molecule has 3 N–H and O–H groups in total. The normalized spacial score (nSPS) is 19.8. The van der Waals surface area contributed by atoms with Crippen LogP contribution in [0, 0.1) is 5.41 Å². The molecule has 1 heterocycles. The summed E-state index contributed by atoms with van der Waals surface area (Å²) in [6.45, 7) is 0. The first-order valence-electron chi connectivity index (χ1n) is 5.13. The molecular weight excluding hydrogens is 210 g/mol. The number of carboxylic acids is 1. The summed E-state index contributed by atoms with van der Waals surface area (Å²) in [5, 5.41) is 13.1. The molecular formula is C11H15NO2S. The SMILES string of the molecule is NC(C(=O)O)C1(CCc2ccsc2)CC1. The van der Waals surface area contributed by atoms with Crippen LogP contribution in [0.3, 0.4) is 0 Å². The molecule has 0 aromatic carbocycles. The van der Waals surface area contributed by atoms with Crippen molar-refractivity contribution >= 4 is 17.3 Å². The van der Waals surface area contributed by atoms with Crippen LogP contribution < -0.4 is 5.73 Å². The molecule has 0 aliphatic heterocycles. The van der Waals surface area contributed by atoms with Crippen molar-refractivity contribution in [2.45, 2.75) is 31.7 Å². The van der Waals surface area contributed by atoms with E-state index in [0.717, 1.165) is 25.7 Å². The second kappa shape index (κ2) is 3.94. The lowest BCUT2D eigenvalue weighted by Gasteiger charge is -2.18. The minimum atomic E-state index is -0.863. The van der Waals surface area contributed by atoms with E-state index in [0.29, 0.717) is 0 Å². The highest BCUT2D eigenvalue weighted by atomic mass is 32.1. The van der Waals surface area contributed by atoms with Crippen LogP contribution in [-0.2, 0) is 11.2 Å². The van der Waals surface area contributed by atoms with Gasteiger partial charge in [0.1, 0.15) is 6.04 Å². The van der Waals surface area contributed by atoms with Crippen molar-refractivity contribution in [1.29, 1.82) is 0 Å². The Morgan fingerprint density at radius 2 is 2.40 bits per heavy atom. The monoisotopic (exact) mass is 225 g/mol. The molecule has 82 valence electrons. The number of aryl methyl sites for hydroxylation is 1. The number of hydrogen-bond acceptors (Lipinski definition) is 3. The molecule has 0 bridgehead atoms. The Balaban J connectivity index is 1.91. The fourth-order valence-corrected chi connectivity index (χ4v) is 2.67. The average Bonchev–Trinajstić information content (AvgIpc) is 2.82. The van der Waals surface area contributed by atoms with E-state index >= 15 is 0 Å². The third-order valence-electron chi connectivity index (χ3n) is 3.31. The van der Waals surface area contributed by atoms with Gasteiger partial charge in [0.05, 0.1) is 0 Å². The molecule has 0 radical (unpaired) electrons. The lowest BCUT2D eigenvalue weighted by Crippen LogP contribution is -2.39. The molecule has 4 heteroatoms. The molecule has 1 aliphatic carbocycles. The van der Waals surface area contributed by atoms with Crippen LogP contribution in [-0.4, -0.2) is 17.1 Å². The molecule has 3 nitrogen and oxygen atoms in total. The molecule has 0 amide bonds. The molecule has 1 aliphatic rings. The second-order valence-electron chi connectivity index (χ2n) is 4.31. The zero-order chi connectivity index (χ0) is 10.9. The van der Waals surface area contributed by atoms with Crippen LogP contribution >= 0.6 is 11.3 Å². The zero-order valence-electron chi connectivity index (χ0n) is 8.48. The van der Waals surface area contributed by atoms with E-state index in [2.05, 4.69) is 11.4 Å². The van der Waals surface area contributed by atoms with E-state index in [-0.39, 0.29) is 5.41 Å². The summed E-state index contributed by atoms with van der Waals surface area (Å²) in [4.78, 5) is 10.8. The van der Waals surface area contributed by atoms with Gasteiger partial charge in [-0.25, -0.2) is 0 Å². The van der Waals surface area contributed by atoms with Gasteiger partial charge in [-0.05, 0) is 53.5 Å². The maximum Gasteiger partial charge on any atom is 0.321 e. The number of rotatable bonds is 5. The fourth-order valence-electron chi connectivity index (χ4n) is 1.97. The number of hydrogen-bond donors (Lipinski definition) is 2. The molecule has 0 spiro atoms. The Kier molecular flexibility index (Phi) is 2.80. The number of carboxylic acid groups (broad SMARTS) is 1. The maximum atomic E-state index is 10.8. The second-order valence-corrected chi connectivity index (χ2v) is 5.09. The first-order valence-corrected chi connectivity index (χ1v) is 6.08. The summed E-state index contributed by atoms with van der Waals surface area (Å²) in [7, 11) is 0. The summed E-state index contributed by atoms with van der Waals surface area (Å²) in [6.07, 6.45) is 3.77. The highest BCUT2D eigenvalue weighted by Crippen LogP contribution is 2.51. The lowest BCUT2D eigenvalue weighted by molar-refractivity contribution is -0.140. The number of carbonyl (C=O) groups is 1. The summed E-state index contributed by atoms with van der Waals surface area (Å²) >= 11 is 1.68. The van der Waals surface area contributed by atoms with Crippen molar-refractivity contribution in [3.63, 3.8) is 0 Å². The van der Waals surface area contributed by atoms with E-state index < -0.39 is 12.0 Å². The summed E-state index contributed by atoms with van der Waals surface area (Å²) < 4.78 is 0. The lowest BCUT2D eigenvalue weighted by atomic mass is 9.90. The number of thiophene rings is 1. The molecule has 2 rings (SSSR count). The molecule has 1 saturated carbocycles. The summed E-state index contributed by atoms with van der Waals surface area (Å²) in [5.74, 6) is -0.863. The van der Waals surface area contributed by atoms with Crippen molar-refractivity contribution in [1.82, 2.24) is 0 Å². The van der Waals surface area contributed by atoms with E-state index in [4.69, 9.17) is 10.8 Å². The fraction of sp³-hybridized carbons (Fsp3) is 0.545. The van der Waals surface area contributed by atoms with Crippen LogP contribution in [0.1, 0.15) is 24.8 Å². The van der Waals surface area contributed by atoms with Gasteiger partial charge in [0.25, 0.3) is 0 Å². The Morgan fingerprint density at radius 3 is 2.87 bits per heavy atom. The van der Waals surface area contributed by atoms with Crippen LogP contribution in [0.4, 0.5) is 0 Å². The summed E-state index contributed by atoms with van der Waals surface area (Å²) in [6, 6.07) is 1.41. The van der Waals surface area contributed by atoms with Crippen LogP contribution in [0.15, 0.2) is 16.8 Å². The van der Waals surface area contributed by atoms with Gasteiger partial charge in [-0.2, -0.15) is 11.3 Å². The van der Waals surface area contributed by atoms with Gasteiger partial charge in [-0.1, -0.05) is 0 Å². The molecule has 0 saturated heterocycles. The smallest absolute Gasteiger partial charge is 0.321 e. The Bertz CT molecular complexity index is 343. The predicted molar refractivity (Wildman–Crippen MR) is 59.9 cm³/mol. The van der Waals surface area contributed by atoms with Crippen LogP contribution in [0.2, 0.25) is 0 Å². The van der Waals surface area contributed by atoms with Crippen molar-refractivity contribution in [2.75, 3.05) is 0 Å². The summed E-state index contributed by atoms with van der Waals surface area (Å²) in [5.41, 5.74) is 6.88. The third-order valence-corrected chi connectivity index (χ3v) is 4.04. The van der Waals surface area contributed by atoms with Gasteiger partial charge < -0.3 is 10.8 Å². The predicted octanol–water partition coefficient (Wildman–Crippen LogP) is 1.87. The first-order chi connectivity index (χ1) is 7.14. The van der Waals surface area contributed by atoms with Gasteiger partial charge in [-0.3, -0.25) is 4.79 Å². The van der Waals surface area contributed by atoms with Crippen LogP contribution in [0.25, 0.3) is 0 Å². The van der Waals surface area contributed by atoms with E-state index in [1.807, 2.05) is 5.38 Å². The standard InChI is InChI=1S/C11H15NO2S/c12-9(10(13)14)11(4-5-11)3-1-8-2-6-15-7-8/h2,6-7,9H,1,3-5,12H2,(H,13,14). The van der Waals surface area contributed by atoms with Gasteiger partial charge >= 0.3 is 5.97 Å². The van der Waals surface area contributed by atoms with Gasteiger partial charge in [0.2, 0.25) is 0 Å². The van der Waals surface area contributed by atoms with E-state index in [9.17, 15) is 4.79 Å². The van der Waals surface area contributed by atoms with Crippen molar-refractivity contribution in [3.05, 3.63) is 22.4 Å². The topological polar surface area (TPSA) is 63.3 Å². The minimum Gasteiger partial charge on any atom is -0.480 e. The molecule has 1 aromatic rings. The zero-order valence-corrected chi connectivity index (χ0v) is 9.30. The Labute approximate surface area is 92.9 Å².